The highest BCUT2D eigenvalue weighted by molar-refractivity contribution is 6.00. The second-order valence-electron chi connectivity index (χ2n) is 7.52. The number of hydrogen-bond donors (Lipinski definition) is 0. The molecule has 29 heavy (non-hydrogen) atoms. The molecule has 0 spiro atoms. The minimum atomic E-state index is -0.333. The Labute approximate surface area is 169 Å². The molecule has 0 saturated carbocycles. The highest BCUT2D eigenvalue weighted by atomic mass is 16.3. The lowest BCUT2D eigenvalue weighted by Crippen LogP contribution is -2.52. The fraction of sp³-hybridized carbons (Fsp3) is 0.409. The molecular weight excluding hydrogens is 370 g/mol. The molecule has 1 aromatic heterocycles. The number of hydrogen-bond acceptors (Lipinski definition) is 4. The number of nitrogens with zero attached hydrogens (tertiary/aromatic N) is 3. The van der Waals surface area contributed by atoms with Gasteiger partial charge in [0.2, 0.25) is 11.8 Å². The van der Waals surface area contributed by atoms with Crippen molar-refractivity contribution in [3.63, 3.8) is 0 Å². The molecule has 0 bridgehead atoms. The van der Waals surface area contributed by atoms with E-state index in [1.165, 1.54) is 11.8 Å². The summed E-state index contributed by atoms with van der Waals surface area (Å²) in [6, 6.07) is 11.3. The Morgan fingerprint density at radius 3 is 2.34 bits per heavy atom. The van der Waals surface area contributed by atoms with E-state index in [-0.39, 0.29) is 30.1 Å². The number of benzene rings is 1. The summed E-state index contributed by atoms with van der Waals surface area (Å²) in [7, 11) is 0. The number of amides is 3. The van der Waals surface area contributed by atoms with Crippen LogP contribution in [-0.2, 0) is 16.0 Å². The van der Waals surface area contributed by atoms with Crippen LogP contribution < -0.4 is 4.90 Å². The largest absolute Gasteiger partial charge is 0.459 e. The lowest BCUT2D eigenvalue weighted by atomic mass is 10.1. The van der Waals surface area contributed by atoms with Crippen molar-refractivity contribution >= 4 is 23.4 Å². The smallest absolute Gasteiger partial charge is 0.289 e. The molecule has 2 aromatic rings. The zero-order valence-electron chi connectivity index (χ0n) is 16.5. The van der Waals surface area contributed by atoms with Crippen molar-refractivity contribution in [1.82, 2.24) is 9.80 Å². The third-order valence-corrected chi connectivity index (χ3v) is 5.74. The first-order valence-corrected chi connectivity index (χ1v) is 10.1. The van der Waals surface area contributed by atoms with E-state index < -0.39 is 0 Å². The van der Waals surface area contributed by atoms with Crippen LogP contribution in [0.15, 0.2) is 47.1 Å². The number of carbonyl (C=O) groups excluding carboxylic acids is 3. The van der Waals surface area contributed by atoms with E-state index in [2.05, 4.69) is 6.92 Å². The molecule has 0 N–H and O–H groups in total. The van der Waals surface area contributed by atoms with Crippen molar-refractivity contribution in [2.75, 3.05) is 37.6 Å². The van der Waals surface area contributed by atoms with Crippen LogP contribution in [0.2, 0.25) is 0 Å². The third kappa shape index (κ3) is 3.90. The number of furan rings is 1. The molecule has 2 aliphatic rings. The van der Waals surface area contributed by atoms with Crippen LogP contribution in [-0.4, -0.2) is 60.2 Å². The molecule has 1 atom stereocenters. The fourth-order valence-corrected chi connectivity index (χ4v) is 3.98. The summed E-state index contributed by atoms with van der Waals surface area (Å²) < 4.78 is 5.17. The number of carbonyl (C=O) groups is 3. The summed E-state index contributed by atoms with van der Waals surface area (Å²) in [4.78, 5) is 43.0. The van der Waals surface area contributed by atoms with Crippen LogP contribution in [0.4, 0.5) is 5.69 Å². The quantitative estimate of drug-likeness (QED) is 0.795. The van der Waals surface area contributed by atoms with Gasteiger partial charge in [-0.1, -0.05) is 19.1 Å². The second-order valence-corrected chi connectivity index (χ2v) is 7.52. The summed E-state index contributed by atoms with van der Waals surface area (Å²) in [5, 5.41) is 0. The van der Waals surface area contributed by atoms with Gasteiger partial charge in [-0.15, -0.1) is 0 Å². The van der Waals surface area contributed by atoms with E-state index in [1.54, 1.807) is 26.8 Å². The van der Waals surface area contributed by atoms with E-state index in [4.69, 9.17) is 4.42 Å². The molecule has 4 rings (SSSR count). The van der Waals surface area contributed by atoms with Gasteiger partial charge >= 0.3 is 0 Å². The monoisotopic (exact) mass is 395 g/mol. The minimum absolute atomic E-state index is 0.00359. The highest BCUT2D eigenvalue weighted by Crippen LogP contribution is 2.27. The molecule has 2 saturated heterocycles. The van der Waals surface area contributed by atoms with Crippen LogP contribution in [0.3, 0.4) is 0 Å². The van der Waals surface area contributed by atoms with Gasteiger partial charge in [0.15, 0.2) is 5.76 Å². The Hall–Kier alpha value is -3.09. The Morgan fingerprint density at radius 1 is 1.03 bits per heavy atom. The zero-order chi connectivity index (χ0) is 20.4. The van der Waals surface area contributed by atoms with Crippen LogP contribution in [0, 0.1) is 5.92 Å². The molecular formula is C22H25N3O4. The Morgan fingerprint density at radius 2 is 1.72 bits per heavy atom. The van der Waals surface area contributed by atoms with Crippen molar-refractivity contribution in [2.45, 2.75) is 19.8 Å². The summed E-state index contributed by atoms with van der Waals surface area (Å²) in [6.07, 6.45) is 2.66. The van der Waals surface area contributed by atoms with E-state index in [1.807, 2.05) is 24.3 Å². The highest BCUT2D eigenvalue weighted by Gasteiger charge is 2.38. The fourth-order valence-electron chi connectivity index (χ4n) is 3.98. The lowest BCUT2D eigenvalue weighted by molar-refractivity contribution is -0.137. The van der Waals surface area contributed by atoms with Gasteiger partial charge in [0.05, 0.1) is 12.2 Å². The summed E-state index contributed by atoms with van der Waals surface area (Å²) >= 11 is 0. The molecule has 2 aliphatic heterocycles. The molecule has 7 heteroatoms. The molecule has 152 valence electrons. The van der Waals surface area contributed by atoms with Gasteiger partial charge in [-0.3, -0.25) is 14.4 Å². The van der Waals surface area contributed by atoms with E-state index in [9.17, 15) is 14.4 Å². The van der Waals surface area contributed by atoms with E-state index in [0.717, 1.165) is 12.1 Å². The Balaban J connectivity index is 1.34. The van der Waals surface area contributed by atoms with Gasteiger partial charge in [-0.25, -0.2) is 0 Å². The van der Waals surface area contributed by atoms with Gasteiger partial charge < -0.3 is 19.1 Å². The van der Waals surface area contributed by atoms with Gasteiger partial charge in [0.25, 0.3) is 5.91 Å². The Kier molecular flexibility index (Phi) is 5.38. The SMILES string of the molecule is CCc1ccc(N2C[C@@H](C(=O)N3CCN(C(=O)c4ccco4)CC3)CC2=O)cc1. The van der Waals surface area contributed by atoms with Crippen molar-refractivity contribution in [3.8, 4) is 0 Å². The van der Waals surface area contributed by atoms with Crippen LogP contribution in [0.1, 0.15) is 29.5 Å². The molecule has 0 unspecified atom stereocenters. The number of rotatable bonds is 4. The number of piperazine rings is 1. The molecule has 7 nitrogen and oxygen atoms in total. The molecule has 2 fully saturated rings. The topological polar surface area (TPSA) is 74.1 Å². The first-order chi connectivity index (χ1) is 14.1. The number of aryl methyl sites for hydroxylation is 1. The molecule has 0 aliphatic carbocycles. The van der Waals surface area contributed by atoms with Crippen LogP contribution in [0.5, 0.6) is 0 Å². The lowest BCUT2D eigenvalue weighted by Gasteiger charge is -2.35. The maximum atomic E-state index is 13.0. The standard InChI is InChI=1S/C22H25N3O4/c1-2-16-5-7-18(8-6-16)25-15-17(14-20(25)26)21(27)23-9-11-24(12-10-23)22(28)19-4-3-13-29-19/h3-8,13,17H,2,9-12,14-15H2,1H3/t17-/m0/s1. The molecule has 3 heterocycles. The van der Waals surface area contributed by atoms with Gasteiger partial charge in [-0.05, 0) is 36.2 Å². The van der Waals surface area contributed by atoms with Crippen molar-refractivity contribution < 1.29 is 18.8 Å². The average Bonchev–Trinajstić information content (AvgIpc) is 3.43. The van der Waals surface area contributed by atoms with Crippen molar-refractivity contribution in [2.24, 2.45) is 5.92 Å². The first-order valence-electron chi connectivity index (χ1n) is 10.1. The van der Waals surface area contributed by atoms with Crippen LogP contribution >= 0.6 is 0 Å². The number of anilines is 1. The maximum Gasteiger partial charge on any atom is 0.289 e. The molecule has 0 radical (unpaired) electrons. The average molecular weight is 395 g/mol. The predicted molar refractivity (Wildman–Crippen MR) is 107 cm³/mol. The van der Waals surface area contributed by atoms with Crippen molar-refractivity contribution in [1.29, 1.82) is 0 Å². The Bertz CT molecular complexity index is 883. The van der Waals surface area contributed by atoms with E-state index in [0.29, 0.717) is 38.5 Å². The summed E-state index contributed by atoms with van der Waals surface area (Å²) in [5.41, 5.74) is 2.06. The summed E-state index contributed by atoms with van der Waals surface area (Å²) in [5.74, 6) is -0.188. The zero-order valence-corrected chi connectivity index (χ0v) is 16.5. The first kappa shape index (κ1) is 19.2. The third-order valence-electron chi connectivity index (χ3n) is 5.74. The normalized spacial score (nSPS) is 19.7. The van der Waals surface area contributed by atoms with Crippen LogP contribution in [0.25, 0.3) is 0 Å². The summed E-state index contributed by atoms with van der Waals surface area (Å²) in [6.45, 7) is 4.38. The van der Waals surface area contributed by atoms with Gasteiger partial charge in [0.1, 0.15) is 0 Å². The van der Waals surface area contributed by atoms with Gasteiger partial charge in [-0.2, -0.15) is 0 Å². The molecule has 1 aromatic carbocycles. The second kappa shape index (κ2) is 8.11. The molecule has 3 amide bonds. The predicted octanol–water partition coefficient (Wildman–Crippen LogP) is 2.18. The minimum Gasteiger partial charge on any atom is -0.459 e. The van der Waals surface area contributed by atoms with E-state index >= 15 is 0 Å². The van der Waals surface area contributed by atoms with Crippen molar-refractivity contribution in [3.05, 3.63) is 54.0 Å². The maximum absolute atomic E-state index is 13.0. The van der Waals surface area contributed by atoms with Gasteiger partial charge in [0, 0.05) is 44.8 Å².